The molecule has 0 aliphatic carbocycles. The van der Waals surface area contributed by atoms with Crippen molar-refractivity contribution in [2.45, 2.75) is 56.6 Å². The largest absolute Gasteiger partial charge is 0.369 e. The number of carbonyl (C=O) groups is 1. The fraction of sp³-hybridized carbons (Fsp3) is 0.367. The van der Waals surface area contributed by atoms with Gasteiger partial charge in [-0.2, -0.15) is 0 Å². The molecule has 0 amide bonds. The smallest absolute Gasteiger partial charge is 0.151 e. The summed E-state index contributed by atoms with van der Waals surface area (Å²) < 4.78 is 19.3. The van der Waals surface area contributed by atoms with E-state index in [9.17, 15) is 4.79 Å². The molecule has 3 rings (SSSR count). The highest BCUT2D eigenvalue weighted by atomic mass is 32.2. The monoisotopic (exact) mass is 524 g/mol. The van der Waals surface area contributed by atoms with Gasteiger partial charge in [-0.3, -0.25) is 0 Å². The number of carbonyl (C=O) groups excluding carboxylic acids is 1. The molecular weight excluding hydrogens is 488 g/mol. The Morgan fingerprint density at radius 3 is 1.39 bits per heavy atom. The first-order valence-corrected chi connectivity index (χ1v) is 14.5. The van der Waals surface area contributed by atoms with E-state index in [0.29, 0.717) is 19.8 Å². The zero-order valence-corrected chi connectivity index (χ0v) is 22.7. The van der Waals surface area contributed by atoms with Crippen molar-refractivity contribution in [3.05, 3.63) is 108 Å². The highest BCUT2D eigenvalue weighted by Gasteiger charge is 2.38. The summed E-state index contributed by atoms with van der Waals surface area (Å²) in [4.78, 5) is 12.4. The maximum absolute atomic E-state index is 12.4. The summed E-state index contributed by atoms with van der Waals surface area (Å²) in [6, 6.07) is 30.0. The number of hydrogen-bond donors (Lipinski definition) is 0. The summed E-state index contributed by atoms with van der Waals surface area (Å²) in [6.07, 6.45) is -0.831. The van der Waals surface area contributed by atoms with Gasteiger partial charge in [0, 0.05) is 0 Å². The standard InChI is InChI=1S/C30H36O4S2/c1-3-35-30(36-4-2)29(34-23-26-18-12-7-13-19-26)28(33-22-25-16-10-6-11-17-25)27(20-31)32-21-24-14-8-5-9-15-24/h5-20,27-30H,3-4,21-23H2,1-2H3/t27-,28+,29-/m1/s1. The van der Waals surface area contributed by atoms with Crippen LogP contribution in [-0.2, 0) is 38.8 Å². The van der Waals surface area contributed by atoms with Crippen molar-refractivity contribution in [1.82, 2.24) is 0 Å². The Labute approximate surface area is 224 Å². The Kier molecular flexibility index (Phi) is 13.1. The number of thioether (sulfide) groups is 2. The molecule has 0 heterocycles. The predicted molar refractivity (Wildman–Crippen MR) is 151 cm³/mol. The Bertz CT molecular complexity index is 966. The van der Waals surface area contributed by atoms with Crippen LogP contribution in [0, 0.1) is 0 Å². The topological polar surface area (TPSA) is 44.8 Å². The van der Waals surface area contributed by atoms with Gasteiger partial charge in [-0.25, -0.2) is 0 Å². The predicted octanol–water partition coefficient (Wildman–Crippen LogP) is 6.77. The van der Waals surface area contributed by atoms with E-state index in [0.717, 1.165) is 34.5 Å². The molecule has 0 aliphatic heterocycles. The third-order valence-electron chi connectivity index (χ3n) is 5.57. The van der Waals surface area contributed by atoms with Crippen molar-refractivity contribution in [1.29, 1.82) is 0 Å². The molecule has 36 heavy (non-hydrogen) atoms. The zero-order valence-electron chi connectivity index (χ0n) is 21.0. The van der Waals surface area contributed by atoms with Gasteiger partial charge in [-0.15, -0.1) is 23.5 Å². The Hall–Kier alpha value is -2.09. The van der Waals surface area contributed by atoms with Crippen molar-refractivity contribution < 1.29 is 19.0 Å². The molecule has 192 valence electrons. The highest BCUT2D eigenvalue weighted by molar-refractivity contribution is 8.17. The van der Waals surface area contributed by atoms with Gasteiger partial charge in [-0.1, -0.05) is 105 Å². The van der Waals surface area contributed by atoms with Crippen LogP contribution in [0.25, 0.3) is 0 Å². The lowest BCUT2D eigenvalue weighted by atomic mass is 10.1. The molecule has 3 aromatic rings. The van der Waals surface area contributed by atoms with Gasteiger partial charge in [0.15, 0.2) is 6.29 Å². The van der Waals surface area contributed by atoms with Gasteiger partial charge < -0.3 is 19.0 Å². The molecule has 3 atom stereocenters. The molecule has 0 saturated carbocycles. The highest BCUT2D eigenvalue weighted by Crippen LogP contribution is 2.33. The summed E-state index contributed by atoms with van der Waals surface area (Å²) in [7, 11) is 0. The minimum atomic E-state index is -0.771. The number of hydrogen-bond acceptors (Lipinski definition) is 6. The second-order valence-corrected chi connectivity index (χ2v) is 11.3. The van der Waals surface area contributed by atoms with Crippen LogP contribution in [0.1, 0.15) is 30.5 Å². The maximum Gasteiger partial charge on any atom is 0.151 e. The molecule has 0 fully saturated rings. The van der Waals surface area contributed by atoms with E-state index in [1.165, 1.54) is 0 Å². The Balaban J connectivity index is 1.87. The fourth-order valence-electron chi connectivity index (χ4n) is 3.78. The second-order valence-electron chi connectivity index (χ2n) is 8.20. The van der Waals surface area contributed by atoms with Crippen LogP contribution in [0.2, 0.25) is 0 Å². The quantitative estimate of drug-likeness (QED) is 0.143. The first-order chi connectivity index (χ1) is 17.7. The Morgan fingerprint density at radius 2 is 1.00 bits per heavy atom. The lowest BCUT2D eigenvalue weighted by Gasteiger charge is -2.35. The SMILES string of the molecule is CCSC(SCC)[C@H](OCc1ccccc1)[C@@H](OCc1ccccc1)[C@@H](C=O)OCc1ccccc1. The number of rotatable bonds is 17. The van der Waals surface area contributed by atoms with E-state index in [-0.39, 0.29) is 10.7 Å². The van der Waals surface area contributed by atoms with Crippen LogP contribution in [0.5, 0.6) is 0 Å². The van der Waals surface area contributed by atoms with E-state index in [1.54, 1.807) is 0 Å². The van der Waals surface area contributed by atoms with Crippen LogP contribution < -0.4 is 0 Å². The van der Waals surface area contributed by atoms with Crippen molar-refractivity contribution in [3.8, 4) is 0 Å². The molecule has 0 spiro atoms. The van der Waals surface area contributed by atoms with Crippen molar-refractivity contribution in [2.24, 2.45) is 0 Å². The molecule has 0 saturated heterocycles. The minimum absolute atomic E-state index is 0.0901. The first-order valence-electron chi connectivity index (χ1n) is 12.4. The van der Waals surface area contributed by atoms with Crippen LogP contribution in [-0.4, -0.2) is 40.7 Å². The van der Waals surface area contributed by atoms with E-state index < -0.39 is 12.2 Å². The third-order valence-corrected chi connectivity index (χ3v) is 8.24. The number of ether oxygens (including phenoxy) is 3. The fourth-order valence-corrected chi connectivity index (χ4v) is 6.49. The first kappa shape index (κ1) is 28.5. The van der Waals surface area contributed by atoms with Crippen molar-refractivity contribution in [2.75, 3.05) is 11.5 Å². The zero-order chi connectivity index (χ0) is 25.4. The van der Waals surface area contributed by atoms with Gasteiger partial charge in [0.2, 0.25) is 0 Å². The molecule has 0 aromatic heterocycles. The molecule has 0 aliphatic rings. The summed E-state index contributed by atoms with van der Waals surface area (Å²) in [5.41, 5.74) is 3.13. The normalized spacial score (nSPS) is 13.9. The molecule has 3 aromatic carbocycles. The minimum Gasteiger partial charge on any atom is -0.369 e. The molecule has 4 nitrogen and oxygen atoms in total. The third kappa shape index (κ3) is 9.41. The van der Waals surface area contributed by atoms with Gasteiger partial charge >= 0.3 is 0 Å². The number of benzene rings is 3. The molecular formula is C30H36O4S2. The average Bonchev–Trinajstić information content (AvgIpc) is 2.93. The molecule has 0 radical (unpaired) electrons. The second kappa shape index (κ2) is 16.6. The summed E-state index contributed by atoms with van der Waals surface area (Å²) in [6.45, 7) is 5.42. The van der Waals surface area contributed by atoms with Gasteiger partial charge in [0.05, 0.1) is 24.4 Å². The van der Waals surface area contributed by atoms with Crippen molar-refractivity contribution >= 4 is 29.8 Å². The van der Waals surface area contributed by atoms with Crippen LogP contribution >= 0.6 is 23.5 Å². The Morgan fingerprint density at radius 1 is 0.611 bits per heavy atom. The maximum atomic E-state index is 12.4. The van der Waals surface area contributed by atoms with Crippen molar-refractivity contribution in [3.63, 3.8) is 0 Å². The molecule has 6 heteroatoms. The van der Waals surface area contributed by atoms with Crippen LogP contribution in [0.3, 0.4) is 0 Å². The van der Waals surface area contributed by atoms with Gasteiger partial charge in [0.1, 0.15) is 18.3 Å². The van der Waals surface area contributed by atoms with E-state index in [2.05, 4.69) is 26.0 Å². The van der Waals surface area contributed by atoms with E-state index in [4.69, 9.17) is 14.2 Å². The molecule has 0 unspecified atom stereocenters. The lowest BCUT2D eigenvalue weighted by molar-refractivity contribution is -0.155. The van der Waals surface area contributed by atoms with Crippen LogP contribution in [0.15, 0.2) is 91.0 Å². The molecule has 0 N–H and O–H groups in total. The van der Waals surface area contributed by atoms with Gasteiger partial charge in [0.25, 0.3) is 0 Å². The van der Waals surface area contributed by atoms with Gasteiger partial charge in [-0.05, 0) is 28.2 Å². The summed E-state index contributed by atoms with van der Waals surface area (Å²) in [5, 5.41) is 0. The van der Waals surface area contributed by atoms with Crippen LogP contribution in [0.4, 0.5) is 0 Å². The molecule has 0 bridgehead atoms. The number of aldehydes is 1. The van der Waals surface area contributed by atoms with E-state index >= 15 is 0 Å². The van der Waals surface area contributed by atoms with E-state index in [1.807, 2.05) is 102 Å². The lowest BCUT2D eigenvalue weighted by Crippen LogP contribution is -2.47. The average molecular weight is 525 g/mol. The summed E-state index contributed by atoms with van der Waals surface area (Å²) >= 11 is 3.65. The summed E-state index contributed by atoms with van der Waals surface area (Å²) in [5.74, 6) is 1.87.